The van der Waals surface area contributed by atoms with Crippen molar-refractivity contribution < 1.29 is 27.1 Å². The van der Waals surface area contributed by atoms with Crippen molar-refractivity contribution in [3.63, 3.8) is 0 Å². The van der Waals surface area contributed by atoms with Gasteiger partial charge < -0.3 is 21.1 Å². The van der Waals surface area contributed by atoms with Crippen molar-refractivity contribution in [1.82, 2.24) is 19.5 Å². The van der Waals surface area contributed by atoms with Gasteiger partial charge >= 0.3 is 12.2 Å². The number of carbonyl (C=O) groups is 1. The predicted molar refractivity (Wildman–Crippen MR) is 144 cm³/mol. The van der Waals surface area contributed by atoms with Gasteiger partial charge in [-0.3, -0.25) is 4.90 Å². The number of amides is 2. The summed E-state index contributed by atoms with van der Waals surface area (Å²) in [5, 5.41) is 9.11. The van der Waals surface area contributed by atoms with Crippen LogP contribution in [0, 0.1) is 12.7 Å². The molecule has 0 radical (unpaired) electrons. The number of hydrogen-bond acceptors (Lipinski definition) is 6. The quantitative estimate of drug-likeness (QED) is 0.232. The van der Waals surface area contributed by atoms with Crippen molar-refractivity contribution in [3.05, 3.63) is 71.4 Å². The third-order valence-corrected chi connectivity index (χ3v) is 6.43. The van der Waals surface area contributed by atoms with Crippen molar-refractivity contribution in [2.75, 3.05) is 43.2 Å². The Morgan fingerprint density at radius 2 is 1.88 bits per heavy atom. The van der Waals surface area contributed by atoms with E-state index in [1.54, 1.807) is 30.7 Å². The number of nitrogens with one attached hydrogen (secondary N) is 2. The van der Waals surface area contributed by atoms with E-state index in [2.05, 4.69) is 32.5 Å². The molecule has 0 fully saturated rings. The maximum Gasteiger partial charge on any atom is 0.416 e. The van der Waals surface area contributed by atoms with Crippen LogP contribution < -0.4 is 16.4 Å². The van der Waals surface area contributed by atoms with Crippen molar-refractivity contribution in [3.8, 4) is 11.1 Å². The minimum Gasteiger partial charge on any atom is -0.383 e. The molecule has 0 bridgehead atoms. The second-order valence-corrected chi connectivity index (χ2v) is 9.12. The highest BCUT2D eigenvalue weighted by Gasteiger charge is 2.31. The SMILES string of the molecule is CCN(CCOC)Cc1cc(-c2ccc(NC(=O)Nc3cc(C(F)(F)F)ccc3F)c(C)c2)c2c(N)ncnn12. The number of fused-ring (bicyclic) bond motifs is 1. The van der Waals surface area contributed by atoms with E-state index in [9.17, 15) is 22.4 Å². The van der Waals surface area contributed by atoms with Gasteiger partial charge in [-0.25, -0.2) is 18.7 Å². The van der Waals surface area contributed by atoms with Gasteiger partial charge in [0.1, 0.15) is 17.7 Å². The summed E-state index contributed by atoms with van der Waals surface area (Å²) < 4.78 is 60.0. The summed E-state index contributed by atoms with van der Waals surface area (Å²) in [6.07, 6.45) is -3.28. The molecule has 4 rings (SSSR count). The van der Waals surface area contributed by atoms with E-state index in [-0.39, 0.29) is 0 Å². The van der Waals surface area contributed by atoms with Crippen LogP contribution in [-0.2, 0) is 17.5 Å². The molecule has 13 heteroatoms. The Kier molecular flexibility index (Phi) is 8.55. The first kappa shape index (κ1) is 28.8. The van der Waals surface area contributed by atoms with Gasteiger partial charge in [-0.05, 0) is 61.0 Å². The van der Waals surface area contributed by atoms with Crippen LogP contribution in [0.1, 0.15) is 23.7 Å². The maximum absolute atomic E-state index is 14.1. The molecule has 0 aliphatic heterocycles. The van der Waals surface area contributed by atoms with Gasteiger partial charge in [0.05, 0.1) is 23.6 Å². The summed E-state index contributed by atoms with van der Waals surface area (Å²) in [4.78, 5) is 18.9. The van der Waals surface area contributed by atoms with E-state index >= 15 is 0 Å². The van der Waals surface area contributed by atoms with Crippen LogP contribution in [0.3, 0.4) is 0 Å². The lowest BCUT2D eigenvalue weighted by Gasteiger charge is -2.19. The Bertz CT molecular complexity index is 1520. The Labute approximate surface area is 227 Å². The van der Waals surface area contributed by atoms with Crippen LogP contribution in [0.25, 0.3) is 16.6 Å². The molecule has 2 heterocycles. The molecule has 4 aromatic rings. The van der Waals surface area contributed by atoms with Crippen LogP contribution >= 0.6 is 0 Å². The standard InChI is InChI=1S/C27H29F4N7O2/c1-4-37(9-10-40-3)14-19-13-20(24-25(32)33-15-34-38(19)24)17-5-8-22(16(2)11-17)35-26(39)36-23-12-18(27(29,30)31)6-7-21(23)28/h5-8,11-13,15H,4,9-10,14H2,1-3H3,(H2,32,33,34)(H2,35,36,39). The van der Waals surface area contributed by atoms with Gasteiger partial charge in [-0.15, -0.1) is 0 Å². The largest absolute Gasteiger partial charge is 0.416 e. The number of anilines is 3. The van der Waals surface area contributed by atoms with Gasteiger partial charge in [-0.2, -0.15) is 18.3 Å². The summed E-state index contributed by atoms with van der Waals surface area (Å²) in [7, 11) is 1.65. The number of benzene rings is 2. The average Bonchev–Trinajstić information content (AvgIpc) is 3.27. The number of rotatable bonds is 9. The summed E-state index contributed by atoms with van der Waals surface area (Å²) >= 11 is 0. The highest BCUT2D eigenvalue weighted by atomic mass is 19.4. The molecule has 0 atom stereocenters. The number of methoxy groups -OCH3 is 1. The van der Waals surface area contributed by atoms with Gasteiger partial charge in [0.15, 0.2) is 5.82 Å². The molecular formula is C27H29F4N7O2. The molecule has 0 spiro atoms. The number of hydrogen-bond donors (Lipinski definition) is 3. The zero-order valence-corrected chi connectivity index (χ0v) is 22.1. The summed E-state index contributed by atoms with van der Waals surface area (Å²) in [5.74, 6) is -0.686. The van der Waals surface area contributed by atoms with Gasteiger partial charge in [0, 0.05) is 31.5 Å². The topological polar surface area (TPSA) is 110 Å². The average molecular weight is 560 g/mol. The number of likely N-dealkylation sites (N-methyl/N-ethyl adjacent to an activating group) is 1. The van der Waals surface area contributed by atoms with Crippen molar-refractivity contribution in [1.29, 1.82) is 0 Å². The molecule has 0 aliphatic carbocycles. The Balaban J connectivity index is 1.59. The number of aryl methyl sites for hydroxylation is 1. The zero-order valence-electron chi connectivity index (χ0n) is 22.1. The first-order valence-corrected chi connectivity index (χ1v) is 12.4. The fourth-order valence-electron chi connectivity index (χ4n) is 4.31. The number of aromatic nitrogens is 3. The van der Waals surface area contributed by atoms with E-state index in [1.165, 1.54) is 6.33 Å². The molecule has 4 N–H and O–H groups in total. The fraction of sp³-hybridized carbons (Fsp3) is 0.296. The van der Waals surface area contributed by atoms with Crippen molar-refractivity contribution in [2.24, 2.45) is 0 Å². The van der Waals surface area contributed by atoms with Gasteiger partial charge in [-0.1, -0.05) is 13.0 Å². The highest BCUT2D eigenvalue weighted by Crippen LogP contribution is 2.34. The molecule has 40 heavy (non-hydrogen) atoms. The third kappa shape index (κ3) is 6.32. The molecule has 212 valence electrons. The number of nitrogens with two attached hydrogens (primary N) is 1. The molecule has 0 saturated carbocycles. The molecular weight excluding hydrogens is 530 g/mol. The highest BCUT2D eigenvalue weighted by molar-refractivity contribution is 6.00. The number of carbonyl (C=O) groups excluding carboxylic acids is 1. The van der Waals surface area contributed by atoms with Crippen LogP contribution in [0.2, 0.25) is 0 Å². The smallest absolute Gasteiger partial charge is 0.383 e. The minimum absolute atomic E-state index is 0.304. The van der Waals surface area contributed by atoms with Crippen LogP contribution in [-0.4, -0.2) is 52.3 Å². The minimum atomic E-state index is -4.68. The lowest BCUT2D eigenvalue weighted by Crippen LogP contribution is -2.27. The molecule has 2 aromatic carbocycles. The summed E-state index contributed by atoms with van der Waals surface area (Å²) in [6, 6.07) is 8.14. The maximum atomic E-state index is 14.1. The van der Waals surface area contributed by atoms with E-state index in [1.807, 2.05) is 12.1 Å². The molecule has 0 saturated heterocycles. The lowest BCUT2D eigenvalue weighted by atomic mass is 10.0. The number of ether oxygens (including phenoxy) is 1. The normalized spacial score (nSPS) is 11.8. The van der Waals surface area contributed by atoms with Gasteiger partial charge in [0.25, 0.3) is 0 Å². The molecule has 9 nitrogen and oxygen atoms in total. The predicted octanol–water partition coefficient (Wildman–Crippen LogP) is 5.56. The fourth-order valence-corrected chi connectivity index (χ4v) is 4.31. The van der Waals surface area contributed by atoms with E-state index < -0.39 is 29.3 Å². The van der Waals surface area contributed by atoms with Crippen molar-refractivity contribution in [2.45, 2.75) is 26.6 Å². The zero-order chi connectivity index (χ0) is 29.0. The molecule has 2 amide bonds. The lowest BCUT2D eigenvalue weighted by molar-refractivity contribution is -0.137. The van der Waals surface area contributed by atoms with E-state index in [0.717, 1.165) is 29.9 Å². The van der Waals surface area contributed by atoms with E-state index in [4.69, 9.17) is 10.5 Å². The monoisotopic (exact) mass is 559 g/mol. The number of nitrogen functional groups attached to an aromatic ring is 1. The second kappa shape index (κ2) is 11.9. The molecule has 0 aliphatic rings. The summed E-state index contributed by atoms with van der Waals surface area (Å²) in [6.45, 7) is 6.54. The first-order chi connectivity index (χ1) is 19.0. The summed E-state index contributed by atoms with van der Waals surface area (Å²) in [5.41, 5.74) is 8.74. The third-order valence-electron chi connectivity index (χ3n) is 6.43. The number of alkyl halides is 3. The molecule has 2 aromatic heterocycles. The van der Waals surface area contributed by atoms with E-state index in [0.29, 0.717) is 53.9 Å². The van der Waals surface area contributed by atoms with Gasteiger partial charge in [0.2, 0.25) is 0 Å². The Morgan fingerprint density at radius 1 is 1.12 bits per heavy atom. The number of halogens is 4. The Hall–Kier alpha value is -4.23. The van der Waals surface area contributed by atoms with Crippen LogP contribution in [0.5, 0.6) is 0 Å². The van der Waals surface area contributed by atoms with Crippen LogP contribution in [0.4, 0.5) is 39.5 Å². The Morgan fingerprint density at radius 3 is 2.55 bits per heavy atom. The number of nitrogens with zero attached hydrogens (tertiary/aromatic N) is 4. The second-order valence-electron chi connectivity index (χ2n) is 9.12. The number of urea groups is 1. The van der Waals surface area contributed by atoms with Crippen molar-refractivity contribution >= 4 is 28.7 Å². The van der Waals surface area contributed by atoms with Crippen LogP contribution in [0.15, 0.2) is 48.8 Å². The first-order valence-electron chi connectivity index (χ1n) is 12.4. The molecule has 0 unspecified atom stereocenters.